The number of fused-ring (bicyclic) bond motifs is 1. The van der Waals surface area contributed by atoms with Gasteiger partial charge >= 0.3 is 5.97 Å². The summed E-state index contributed by atoms with van der Waals surface area (Å²) in [4.78, 5) is 25.0. The van der Waals surface area contributed by atoms with Crippen molar-refractivity contribution in [1.29, 1.82) is 0 Å². The zero-order valence-electron chi connectivity index (χ0n) is 10.3. The van der Waals surface area contributed by atoms with Crippen LogP contribution >= 0.6 is 0 Å². The van der Waals surface area contributed by atoms with Crippen LogP contribution in [0.25, 0.3) is 0 Å². The predicted octanol–water partition coefficient (Wildman–Crippen LogP) is 1.08. The number of hydrogen-bond acceptors (Lipinski definition) is 4. The molecule has 1 N–H and O–H groups in total. The van der Waals surface area contributed by atoms with Crippen LogP contribution in [-0.2, 0) is 9.53 Å². The molecular formula is C13H15NO4. The van der Waals surface area contributed by atoms with Crippen LogP contribution in [0, 0.1) is 0 Å². The first kappa shape index (κ1) is 12.6. The van der Waals surface area contributed by atoms with Gasteiger partial charge in [-0.25, -0.2) is 4.79 Å². The van der Waals surface area contributed by atoms with Crippen molar-refractivity contribution in [3.05, 3.63) is 35.4 Å². The molecule has 2 atom stereocenters. The Kier molecular flexibility index (Phi) is 3.34. The summed E-state index contributed by atoms with van der Waals surface area (Å²) in [5, 5.41) is 10.2. The molecule has 1 heterocycles. The number of aliphatic hydroxyl groups is 1. The minimum Gasteiger partial charge on any atom is -0.467 e. The highest BCUT2D eigenvalue weighted by Gasteiger charge is 2.41. The van der Waals surface area contributed by atoms with Gasteiger partial charge in [-0.15, -0.1) is 0 Å². The molecule has 0 aliphatic carbocycles. The van der Waals surface area contributed by atoms with Crippen LogP contribution in [0.1, 0.15) is 35.5 Å². The number of carbonyl (C=O) groups excluding carboxylic acids is 2. The first-order valence-corrected chi connectivity index (χ1v) is 5.79. The van der Waals surface area contributed by atoms with Gasteiger partial charge in [0.15, 0.2) is 6.23 Å². The Labute approximate surface area is 105 Å². The van der Waals surface area contributed by atoms with E-state index in [-0.39, 0.29) is 5.91 Å². The molecule has 0 saturated heterocycles. The van der Waals surface area contributed by atoms with Gasteiger partial charge in [0.25, 0.3) is 5.91 Å². The summed E-state index contributed by atoms with van der Waals surface area (Å²) >= 11 is 0. The summed E-state index contributed by atoms with van der Waals surface area (Å²) in [6.07, 6.45) is -0.693. The fourth-order valence-corrected chi connectivity index (χ4v) is 2.24. The predicted molar refractivity (Wildman–Crippen MR) is 63.7 cm³/mol. The zero-order chi connectivity index (χ0) is 13.3. The number of rotatable bonds is 3. The second-order valence-electron chi connectivity index (χ2n) is 4.12. The van der Waals surface area contributed by atoms with Crippen LogP contribution in [0.5, 0.6) is 0 Å². The second-order valence-corrected chi connectivity index (χ2v) is 4.12. The topological polar surface area (TPSA) is 66.8 Å². The Morgan fingerprint density at radius 3 is 2.72 bits per heavy atom. The molecule has 2 rings (SSSR count). The van der Waals surface area contributed by atoms with Gasteiger partial charge in [0.1, 0.15) is 6.04 Å². The molecule has 0 radical (unpaired) electrons. The van der Waals surface area contributed by atoms with E-state index < -0.39 is 18.2 Å². The Morgan fingerprint density at radius 1 is 1.50 bits per heavy atom. The van der Waals surface area contributed by atoms with Crippen LogP contribution in [0.15, 0.2) is 24.3 Å². The highest BCUT2D eigenvalue weighted by atomic mass is 16.5. The number of nitrogens with zero attached hydrogens (tertiary/aromatic N) is 1. The van der Waals surface area contributed by atoms with Crippen LogP contribution < -0.4 is 0 Å². The first-order chi connectivity index (χ1) is 8.61. The van der Waals surface area contributed by atoms with Crippen molar-refractivity contribution < 1.29 is 19.4 Å². The summed E-state index contributed by atoms with van der Waals surface area (Å²) in [6.45, 7) is 1.77. The van der Waals surface area contributed by atoms with Crippen molar-refractivity contribution in [2.45, 2.75) is 25.6 Å². The van der Waals surface area contributed by atoms with E-state index in [0.29, 0.717) is 17.5 Å². The molecule has 0 spiro atoms. The van der Waals surface area contributed by atoms with E-state index >= 15 is 0 Å². The molecule has 1 aromatic rings. The van der Waals surface area contributed by atoms with Crippen molar-refractivity contribution in [3.63, 3.8) is 0 Å². The molecule has 1 amide bonds. The molecule has 18 heavy (non-hydrogen) atoms. The van der Waals surface area contributed by atoms with Gasteiger partial charge < -0.3 is 9.84 Å². The molecular weight excluding hydrogens is 234 g/mol. The van der Waals surface area contributed by atoms with Crippen LogP contribution in [0.4, 0.5) is 0 Å². The lowest BCUT2D eigenvalue weighted by Gasteiger charge is -2.27. The van der Waals surface area contributed by atoms with Gasteiger partial charge in [0.05, 0.1) is 7.11 Å². The van der Waals surface area contributed by atoms with Crippen molar-refractivity contribution in [2.75, 3.05) is 7.11 Å². The number of benzene rings is 1. The van der Waals surface area contributed by atoms with E-state index in [1.54, 1.807) is 31.2 Å². The average Bonchev–Trinajstić information content (AvgIpc) is 2.65. The summed E-state index contributed by atoms with van der Waals surface area (Å²) < 4.78 is 4.67. The molecule has 1 unspecified atom stereocenters. The lowest BCUT2D eigenvalue weighted by Crippen LogP contribution is -2.43. The molecule has 5 nitrogen and oxygen atoms in total. The summed E-state index contributed by atoms with van der Waals surface area (Å²) in [6, 6.07) is 6.04. The maximum absolute atomic E-state index is 12.2. The smallest absolute Gasteiger partial charge is 0.328 e. The van der Waals surface area contributed by atoms with E-state index in [1.807, 2.05) is 0 Å². The van der Waals surface area contributed by atoms with Crippen LogP contribution in [0.2, 0.25) is 0 Å². The van der Waals surface area contributed by atoms with E-state index in [0.717, 1.165) is 0 Å². The lowest BCUT2D eigenvalue weighted by atomic mass is 10.1. The highest BCUT2D eigenvalue weighted by Crippen LogP contribution is 2.33. The molecule has 0 saturated carbocycles. The van der Waals surface area contributed by atoms with Gasteiger partial charge in [-0.2, -0.15) is 0 Å². The minimum absolute atomic E-state index is 0.338. The molecule has 1 aliphatic rings. The summed E-state index contributed by atoms with van der Waals surface area (Å²) in [7, 11) is 1.27. The molecule has 0 fully saturated rings. The fourth-order valence-electron chi connectivity index (χ4n) is 2.24. The van der Waals surface area contributed by atoms with E-state index in [2.05, 4.69) is 4.74 Å². The van der Waals surface area contributed by atoms with Gasteiger partial charge in [-0.05, 0) is 12.5 Å². The quantitative estimate of drug-likeness (QED) is 0.814. The largest absolute Gasteiger partial charge is 0.467 e. The van der Waals surface area contributed by atoms with E-state index in [9.17, 15) is 14.7 Å². The number of carbonyl (C=O) groups is 2. The van der Waals surface area contributed by atoms with Gasteiger partial charge in [0, 0.05) is 11.1 Å². The van der Waals surface area contributed by atoms with Crippen molar-refractivity contribution in [1.82, 2.24) is 4.90 Å². The third kappa shape index (κ3) is 1.76. The third-order valence-electron chi connectivity index (χ3n) is 3.16. The van der Waals surface area contributed by atoms with Crippen LogP contribution in [-0.4, -0.2) is 35.0 Å². The van der Waals surface area contributed by atoms with Gasteiger partial charge in [-0.3, -0.25) is 9.69 Å². The van der Waals surface area contributed by atoms with Gasteiger partial charge in [-0.1, -0.05) is 25.1 Å². The first-order valence-electron chi connectivity index (χ1n) is 5.79. The van der Waals surface area contributed by atoms with Crippen molar-refractivity contribution in [2.24, 2.45) is 0 Å². The average molecular weight is 249 g/mol. The highest BCUT2D eigenvalue weighted by molar-refractivity contribution is 6.01. The SMILES string of the molecule is CC[C@@H](C(=O)OC)N1C(=O)c2ccccc2C1O. The molecule has 0 bridgehead atoms. The lowest BCUT2D eigenvalue weighted by molar-refractivity contribution is -0.149. The molecule has 0 aromatic heterocycles. The molecule has 1 aromatic carbocycles. The normalized spacial score (nSPS) is 19.6. The molecule has 96 valence electrons. The number of amides is 1. The fraction of sp³-hybridized carbons (Fsp3) is 0.385. The third-order valence-corrected chi connectivity index (χ3v) is 3.16. The van der Waals surface area contributed by atoms with Gasteiger partial charge in [0.2, 0.25) is 0 Å². The second kappa shape index (κ2) is 4.78. The molecule has 5 heteroatoms. The summed E-state index contributed by atoms with van der Waals surface area (Å²) in [5.74, 6) is -0.854. The van der Waals surface area contributed by atoms with Crippen molar-refractivity contribution >= 4 is 11.9 Å². The van der Waals surface area contributed by atoms with E-state index in [4.69, 9.17) is 0 Å². The number of esters is 1. The van der Waals surface area contributed by atoms with E-state index in [1.165, 1.54) is 12.0 Å². The Balaban J connectivity index is 2.38. The number of methoxy groups -OCH3 is 1. The number of aliphatic hydroxyl groups excluding tert-OH is 1. The standard InChI is InChI=1S/C13H15NO4/c1-3-10(13(17)18-2)14-11(15)8-6-4-5-7-9(8)12(14)16/h4-7,10-11,15H,3H2,1-2H3/t10-,11?/m0/s1. The monoisotopic (exact) mass is 249 g/mol. The Hall–Kier alpha value is -1.88. The summed E-state index contributed by atoms with van der Waals surface area (Å²) in [5.41, 5.74) is 0.970. The zero-order valence-corrected chi connectivity index (χ0v) is 10.3. The maximum atomic E-state index is 12.2. The Bertz CT molecular complexity index is 486. The molecule has 1 aliphatic heterocycles. The van der Waals surface area contributed by atoms with Crippen LogP contribution in [0.3, 0.4) is 0 Å². The maximum Gasteiger partial charge on any atom is 0.328 e. The van der Waals surface area contributed by atoms with Crippen molar-refractivity contribution in [3.8, 4) is 0 Å². The number of hydrogen-bond donors (Lipinski definition) is 1. The number of ether oxygens (including phenoxy) is 1. The Morgan fingerprint density at radius 2 is 2.17 bits per heavy atom. The minimum atomic E-state index is -1.09.